The first-order chi connectivity index (χ1) is 14.5. The molecule has 0 atom stereocenters. The fourth-order valence-electron chi connectivity index (χ4n) is 4.14. The van der Waals surface area contributed by atoms with Crippen LogP contribution in [0.25, 0.3) is 0 Å². The third kappa shape index (κ3) is 4.45. The van der Waals surface area contributed by atoms with Crippen molar-refractivity contribution in [2.45, 2.75) is 55.9 Å². The molecule has 0 amide bonds. The van der Waals surface area contributed by atoms with Crippen LogP contribution in [-0.4, -0.2) is 42.3 Å². The first-order valence-electron chi connectivity index (χ1n) is 10.5. The Labute approximate surface area is 185 Å². The number of hydrogen-bond acceptors (Lipinski definition) is 4. The molecule has 0 unspecified atom stereocenters. The topological polar surface area (TPSA) is 71.7 Å². The highest BCUT2D eigenvalue weighted by Gasteiger charge is 2.28. The van der Waals surface area contributed by atoms with Gasteiger partial charge in [-0.05, 0) is 71.9 Å². The Morgan fingerprint density at radius 3 is 2.47 bits per heavy atom. The Morgan fingerprint density at radius 1 is 1.00 bits per heavy atom. The van der Waals surface area contributed by atoms with E-state index in [1.54, 1.807) is 24.4 Å². The highest BCUT2D eigenvalue weighted by Crippen LogP contribution is 2.26. The number of rotatable bonds is 4. The van der Waals surface area contributed by atoms with E-state index in [9.17, 15) is 13.2 Å². The largest absolute Gasteiger partial charge is 0.268 e. The second-order valence-electron chi connectivity index (χ2n) is 7.91. The predicted octanol–water partition coefficient (Wildman–Crippen LogP) is 3.96. The molecule has 160 valence electrons. The van der Waals surface area contributed by atoms with Crippen molar-refractivity contribution in [3.05, 3.63) is 58.1 Å². The smallest absolute Gasteiger partial charge is 0.264 e. The molecule has 1 aliphatic heterocycles. The van der Waals surface area contributed by atoms with Crippen LogP contribution in [0.1, 0.15) is 55.3 Å². The van der Waals surface area contributed by atoms with Crippen molar-refractivity contribution in [3.63, 3.8) is 0 Å². The normalized spacial score (nSPS) is 19.3. The standard InChI is InChI=1S/C22H26BrN3O3S/c23-20-12-11-18(30(28,29)25-13-6-7-14-25)16-19(20)22(27)26-15-5-4-10-21(26)24-17-8-2-1-3-9-17/h4-5,10-12,15-17H,1-3,6-9,13-14H2. The summed E-state index contributed by atoms with van der Waals surface area (Å²) in [6.07, 6.45) is 9.07. The van der Waals surface area contributed by atoms with E-state index < -0.39 is 10.0 Å². The second kappa shape index (κ2) is 9.16. The molecule has 4 rings (SSSR count). The summed E-state index contributed by atoms with van der Waals surface area (Å²) in [5, 5.41) is 0. The number of carbonyl (C=O) groups is 1. The molecule has 0 spiro atoms. The van der Waals surface area contributed by atoms with Crippen LogP contribution in [0.15, 0.2) is 57.0 Å². The van der Waals surface area contributed by atoms with E-state index in [0.717, 1.165) is 38.5 Å². The van der Waals surface area contributed by atoms with Crippen LogP contribution in [0.2, 0.25) is 0 Å². The average molecular weight is 492 g/mol. The highest BCUT2D eigenvalue weighted by molar-refractivity contribution is 9.10. The van der Waals surface area contributed by atoms with Crippen molar-refractivity contribution in [2.24, 2.45) is 4.99 Å². The molecule has 1 aliphatic carbocycles. The molecule has 1 aromatic carbocycles. The molecular weight excluding hydrogens is 466 g/mol. The predicted molar refractivity (Wildman–Crippen MR) is 119 cm³/mol. The lowest BCUT2D eigenvalue weighted by molar-refractivity contribution is 0.0953. The van der Waals surface area contributed by atoms with Crippen molar-refractivity contribution >= 4 is 31.9 Å². The molecule has 2 heterocycles. The van der Waals surface area contributed by atoms with Crippen molar-refractivity contribution < 1.29 is 13.2 Å². The Morgan fingerprint density at radius 2 is 1.73 bits per heavy atom. The third-order valence-corrected chi connectivity index (χ3v) is 8.40. The molecule has 1 aromatic heterocycles. The maximum absolute atomic E-state index is 13.4. The number of pyridine rings is 1. The number of aromatic nitrogens is 1. The molecule has 0 bridgehead atoms. The van der Waals surface area contributed by atoms with Crippen LogP contribution in [-0.2, 0) is 10.0 Å². The van der Waals surface area contributed by atoms with Crippen molar-refractivity contribution in [2.75, 3.05) is 13.1 Å². The second-order valence-corrected chi connectivity index (χ2v) is 10.7. The lowest BCUT2D eigenvalue weighted by Gasteiger charge is -2.18. The van der Waals surface area contributed by atoms with Gasteiger partial charge in [0.25, 0.3) is 5.91 Å². The summed E-state index contributed by atoms with van der Waals surface area (Å²) in [5.74, 6) is -0.296. The summed E-state index contributed by atoms with van der Waals surface area (Å²) < 4.78 is 29.5. The maximum Gasteiger partial charge on any atom is 0.264 e. The molecule has 1 saturated heterocycles. The maximum atomic E-state index is 13.4. The van der Waals surface area contributed by atoms with Gasteiger partial charge < -0.3 is 0 Å². The van der Waals surface area contributed by atoms with E-state index in [0.29, 0.717) is 28.6 Å². The minimum Gasteiger partial charge on any atom is -0.268 e. The van der Waals surface area contributed by atoms with Gasteiger partial charge >= 0.3 is 0 Å². The van der Waals surface area contributed by atoms with Crippen LogP contribution in [0.3, 0.4) is 0 Å². The van der Waals surface area contributed by atoms with Crippen molar-refractivity contribution in [3.8, 4) is 0 Å². The van der Waals surface area contributed by atoms with E-state index in [1.165, 1.54) is 21.4 Å². The van der Waals surface area contributed by atoms with Crippen LogP contribution in [0.5, 0.6) is 0 Å². The van der Waals surface area contributed by atoms with E-state index in [4.69, 9.17) is 4.99 Å². The van der Waals surface area contributed by atoms with Gasteiger partial charge in [-0.15, -0.1) is 0 Å². The summed E-state index contributed by atoms with van der Waals surface area (Å²) in [6.45, 7) is 1.05. The van der Waals surface area contributed by atoms with Crippen LogP contribution >= 0.6 is 15.9 Å². The highest BCUT2D eigenvalue weighted by atomic mass is 79.9. The van der Waals surface area contributed by atoms with Gasteiger partial charge in [-0.3, -0.25) is 14.4 Å². The zero-order chi connectivity index (χ0) is 21.1. The number of sulfonamides is 1. The minimum absolute atomic E-state index is 0.151. The van der Waals surface area contributed by atoms with E-state index in [-0.39, 0.29) is 16.8 Å². The van der Waals surface area contributed by atoms with Gasteiger partial charge in [0.2, 0.25) is 10.0 Å². The summed E-state index contributed by atoms with van der Waals surface area (Å²) in [6, 6.07) is 10.4. The molecule has 2 aromatic rings. The van der Waals surface area contributed by atoms with Gasteiger partial charge in [-0.2, -0.15) is 4.31 Å². The van der Waals surface area contributed by atoms with Crippen molar-refractivity contribution in [1.82, 2.24) is 8.87 Å². The number of nitrogens with zero attached hydrogens (tertiary/aromatic N) is 3. The van der Waals surface area contributed by atoms with E-state index >= 15 is 0 Å². The molecule has 6 nitrogen and oxygen atoms in total. The van der Waals surface area contributed by atoms with Gasteiger partial charge in [0.1, 0.15) is 5.49 Å². The Bertz CT molecular complexity index is 1100. The average Bonchev–Trinajstić information content (AvgIpc) is 3.30. The van der Waals surface area contributed by atoms with Crippen LogP contribution in [0.4, 0.5) is 0 Å². The van der Waals surface area contributed by atoms with Gasteiger partial charge in [-0.25, -0.2) is 8.42 Å². The quantitative estimate of drug-likeness (QED) is 0.649. The van der Waals surface area contributed by atoms with Crippen LogP contribution < -0.4 is 5.49 Å². The summed E-state index contributed by atoms with van der Waals surface area (Å²) in [4.78, 5) is 18.4. The lowest BCUT2D eigenvalue weighted by Crippen LogP contribution is -2.30. The molecule has 0 N–H and O–H groups in total. The first kappa shape index (κ1) is 21.5. The lowest BCUT2D eigenvalue weighted by atomic mass is 9.96. The van der Waals surface area contributed by atoms with Gasteiger partial charge in [0.15, 0.2) is 0 Å². The number of hydrogen-bond donors (Lipinski definition) is 0. The third-order valence-electron chi connectivity index (χ3n) is 5.82. The number of benzene rings is 1. The van der Waals surface area contributed by atoms with Gasteiger partial charge in [-0.1, -0.05) is 25.3 Å². The SMILES string of the molecule is O=C(c1cc(S(=O)(=O)N2CCCC2)ccc1Br)n1ccccc1=NC1CCCCC1. The summed E-state index contributed by atoms with van der Waals surface area (Å²) in [7, 11) is -3.60. The fourth-order valence-corrected chi connectivity index (χ4v) is 6.10. The molecule has 0 radical (unpaired) electrons. The minimum atomic E-state index is -3.60. The van der Waals surface area contributed by atoms with Crippen LogP contribution in [0, 0.1) is 0 Å². The summed E-state index contributed by atoms with van der Waals surface area (Å²) >= 11 is 3.43. The first-order valence-corrected chi connectivity index (χ1v) is 12.8. The Kier molecular flexibility index (Phi) is 6.55. The van der Waals surface area contributed by atoms with E-state index in [1.807, 2.05) is 12.1 Å². The molecule has 2 fully saturated rings. The molecule has 1 saturated carbocycles. The van der Waals surface area contributed by atoms with Gasteiger partial charge in [0.05, 0.1) is 16.5 Å². The molecule has 8 heteroatoms. The monoisotopic (exact) mass is 491 g/mol. The Hall–Kier alpha value is -1.77. The number of halogens is 1. The molecule has 30 heavy (non-hydrogen) atoms. The summed E-state index contributed by atoms with van der Waals surface area (Å²) in [5.41, 5.74) is 0.917. The van der Waals surface area contributed by atoms with Crippen molar-refractivity contribution in [1.29, 1.82) is 0 Å². The fraction of sp³-hybridized carbons (Fsp3) is 0.455. The molecular formula is C22H26BrN3O3S. The van der Waals surface area contributed by atoms with Gasteiger partial charge in [0, 0.05) is 23.8 Å². The molecule has 2 aliphatic rings. The zero-order valence-electron chi connectivity index (χ0n) is 16.8. The number of carbonyl (C=O) groups excluding carboxylic acids is 1. The Balaban J connectivity index is 1.72. The zero-order valence-corrected chi connectivity index (χ0v) is 19.2. The van der Waals surface area contributed by atoms with E-state index in [2.05, 4.69) is 15.9 Å².